The molecule has 1 atom stereocenters. The maximum atomic E-state index is 5.98. The third kappa shape index (κ3) is 2.33. The van der Waals surface area contributed by atoms with E-state index in [0.29, 0.717) is 0 Å². The van der Waals surface area contributed by atoms with Crippen LogP contribution in [0.1, 0.15) is 40.2 Å². The molecular formula is C15H20N2S. The van der Waals surface area contributed by atoms with E-state index in [-0.39, 0.29) is 6.04 Å². The van der Waals surface area contributed by atoms with Crippen LogP contribution in [0.4, 0.5) is 0 Å². The highest BCUT2D eigenvalue weighted by Gasteiger charge is 2.15. The number of aryl methyl sites for hydroxylation is 4. The summed E-state index contributed by atoms with van der Waals surface area (Å²) >= 11 is 1.72. The molecule has 0 spiro atoms. The fraction of sp³-hybridized carbons (Fsp3) is 0.400. The number of hydrogen-bond donors (Lipinski definition) is 1. The summed E-state index contributed by atoms with van der Waals surface area (Å²) in [5.41, 5.74) is 12.2. The number of nitrogens with zero attached hydrogens (tertiary/aromatic N) is 1. The van der Waals surface area contributed by atoms with Crippen LogP contribution < -0.4 is 5.73 Å². The van der Waals surface area contributed by atoms with Crippen molar-refractivity contribution in [2.75, 3.05) is 0 Å². The first-order valence-corrected chi connectivity index (χ1v) is 7.03. The van der Waals surface area contributed by atoms with Gasteiger partial charge in [0.1, 0.15) is 5.01 Å². The van der Waals surface area contributed by atoms with Crippen molar-refractivity contribution in [3.8, 4) is 10.6 Å². The maximum absolute atomic E-state index is 5.98. The zero-order valence-corrected chi connectivity index (χ0v) is 12.5. The van der Waals surface area contributed by atoms with Gasteiger partial charge in [-0.05, 0) is 45.7 Å². The highest BCUT2D eigenvalue weighted by molar-refractivity contribution is 7.15. The van der Waals surface area contributed by atoms with Crippen LogP contribution in [0.3, 0.4) is 0 Å². The molecule has 0 fully saturated rings. The van der Waals surface area contributed by atoms with Gasteiger partial charge < -0.3 is 5.73 Å². The maximum Gasteiger partial charge on any atom is 0.124 e. The molecule has 0 amide bonds. The van der Waals surface area contributed by atoms with Crippen LogP contribution in [0, 0.1) is 27.7 Å². The van der Waals surface area contributed by atoms with Gasteiger partial charge >= 0.3 is 0 Å². The minimum atomic E-state index is 0.0577. The van der Waals surface area contributed by atoms with Crippen molar-refractivity contribution in [1.29, 1.82) is 0 Å². The van der Waals surface area contributed by atoms with E-state index in [2.05, 4.69) is 32.9 Å². The Bertz CT molecular complexity index is 559. The van der Waals surface area contributed by atoms with Crippen molar-refractivity contribution >= 4 is 11.3 Å². The third-order valence-electron chi connectivity index (χ3n) is 3.14. The smallest absolute Gasteiger partial charge is 0.124 e. The van der Waals surface area contributed by atoms with Crippen molar-refractivity contribution in [3.63, 3.8) is 0 Å². The van der Waals surface area contributed by atoms with Crippen LogP contribution in [0.25, 0.3) is 10.6 Å². The van der Waals surface area contributed by atoms with Gasteiger partial charge in [0, 0.05) is 16.5 Å². The van der Waals surface area contributed by atoms with Gasteiger partial charge in [0.05, 0.1) is 5.69 Å². The Kier molecular flexibility index (Phi) is 3.55. The summed E-state index contributed by atoms with van der Waals surface area (Å²) in [5.74, 6) is 0. The van der Waals surface area contributed by atoms with Crippen LogP contribution in [-0.4, -0.2) is 4.98 Å². The number of thiazole rings is 1. The lowest BCUT2D eigenvalue weighted by molar-refractivity contribution is 0.825. The zero-order valence-electron chi connectivity index (χ0n) is 11.7. The first-order valence-electron chi connectivity index (χ1n) is 6.21. The van der Waals surface area contributed by atoms with Crippen molar-refractivity contribution in [2.45, 2.75) is 40.7 Å². The molecule has 1 unspecified atom stereocenters. The van der Waals surface area contributed by atoms with Gasteiger partial charge in [-0.1, -0.05) is 17.7 Å². The van der Waals surface area contributed by atoms with Crippen LogP contribution in [0.2, 0.25) is 0 Å². The van der Waals surface area contributed by atoms with E-state index in [0.717, 1.165) is 10.7 Å². The summed E-state index contributed by atoms with van der Waals surface area (Å²) in [7, 11) is 0. The highest BCUT2D eigenvalue weighted by atomic mass is 32.1. The van der Waals surface area contributed by atoms with Crippen molar-refractivity contribution in [3.05, 3.63) is 39.4 Å². The standard InChI is InChI=1S/C15H20N2S/c1-8-6-9(2)13(10(3)7-8)15-17-12(5)14(18-15)11(4)16/h6-7,11H,16H2,1-5H3. The predicted octanol–water partition coefficient (Wildman–Crippen LogP) is 4.06. The molecule has 0 saturated heterocycles. The summed E-state index contributed by atoms with van der Waals surface area (Å²) in [5, 5.41) is 1.09. The lowest BCUT2D eigenvalue weighted by atomic mass is 10.0. The molecular weight excluding hydrogens is 240 g/mol. The van der Waals surface area contributed by atoms with Crippen LogP contribution in [0.15, 0.2) is 12.1 Å². The molecule has 2 N–H and O–H groups in total. The molecule has 0 radical (unpaired) electrons. The van der Waals surface area contributed by atoms with Crippen LogP contribution in [0.5, 0.6) is 0 Å². The minimum absolute atomic E-state index is 0.0577. The number of aromatic nitrogens is 1. The molecule has 2 nitrogen and oxygen atoms in total. The molecule has 2 rings (SSSR count). The Balaban J connectivity index is 2.59. The molecule has 0 aliphatic carbocycles. The van der Waals surface area contributed by atoms with Crippen molar-refractivity contribution < 1.29 is 0 Å². The Morgan fingerprint density at radius 3 is 2.11 bits per heavy atom. The average molecular weight is 260 g/mol. The van der Waals surface area contributed by atoms with Gasteiger partial charge in [0.2, 0.25) is 0 Å². The van der Waals surface area contributed by atoms with E-state index in [1.807, 2.05) is 13.8 Å². The summed E-state index contributed by atoms with van der Waals surface area (Å²) < 4.78 is 0. The van der Waals surface area contributed by atoms with E-state index < -0.39 is 0 Å². The first kappa shape index (κ1) is 13.2. The van der Waals surface area contributed by atoms with Crippen LogP contribution >= 0.6 is 11.3 Å². The number of rotatable bonds is 2. The summed E-state index contributed by atoms with van der Waals surface area (Å²) in [6.07, 6.45) is 0. The number of benzene rings is 1. The molecule has 2 aromatic rings. The summed E-state index contributed by atoms with van der Waals surface area (Å²) in [4.78, 5) is 5.88. The number of hydrogen-bond acceptors (Lipinski definition) is 3. The largest absolute Gasteiger partial charge is 0.323 e. The molecule has 3 heteroatoms. The molecule has 18 heavy (non-hydrogen) atoms. The summed E-state index contributed by atoms with van der Waals surface area (Å²) in [6.45, 7) is 10.5. The SMILES string of the molecule is Cc1cc(C)c(-c2nc(C)c(C(C)N)s2)c(C)c1. The van der Waals surface area contributed by atoms with Gasteiger partial charge in [-0.15, -0.1) is 11.3 Å². The van der Waals surface area contributed by atoms with Crippen LogP contribution in [-0.2, 0) is 0 Å². The fourth-order valence-corrected chi connectivity index (χ4v) is 3.65. The third-order valence-corrected chi connectivity index (χ3v) is 4.51. The Morgan fingerprint density at radius 2 is 1.67 bits per heavy atom. The van der Waals surface area contributed by atoms with Crippen molar-refractivity contribution in [1.82, 2.24) is 4.98 Å². The Labute approximate surface area is 113 Å². The highest BCUT2D eigenvalue weighted by Crippen LogP contribution is 2.35. The Morgan fingerprint density at radius 1 is 1.11 bits per heavy atom. The van der Waals surface area contributed by atoms with Gasteiger partial charge in [-0.2, -0.15) is 0 Å². The quantitative estimate of drug-likeness (QED) is 0.884. The summed E-state index contributed by atoms with van der Waals surface area (Å²) in [6, 6.07) is 4.48. The average Bonchev–Trinajstić information content (AvgIpc) is 2.58. The van der Waals surface area contributed by atoms with E-state index in [1.165, 1.54) is 27.1 Å². The topological polar surface area (TPSA) is 38.9 Å². The lowest BCUT2D eigenvalue weighted by Gasteiger charge is -2.08. The lowest BCUT2D eigenvalue weighted by Crippen LogP contribution is -2.03. The minimum Gasteiger partial charge on any atom is -0.323 e. The predicted molar refractivity (Wildman–Crippen MR) is 79.1 cm³/mol. The van der Waals surface area contributed by atoms with Crippen molar-refractivity contribution in [2.24, 2.45) is 5.73 Å². The molecule has 0 aliphatic rings. The van der Waals surface area contributed by atoms with E-state index >= 15 is 0 Å². The second-order valence-electron chi connectivity index (χ2n) is 5.03. The zero-order chi connectivity index (χ0) is 13.4. The molecule has 0 aliphatic heterocycles. The van der Waals surface area contributed by atoms with Gasteiger partial charge in [-0.3, -0.25) is 0 Å². The normalized spacial score (nSPS) is 12.8. The van der Waals surface area contributed by atoms with Gasteiger partial charge in [0.15, 0.2) is 0 Å². The van der Waals surface area contributed by atoms with E-state index in [9.17, 15) is 0 Å². The molecule has 1 heterocycles. The second kappa shape index (κ2) is 4.82. The molecule has 0 saturated carbocycles. The first-order chi connectivity index (χ1) is 8.40. The Hall–Kier alpha value is -1.19. The molecule has 96 valence electrons. The number of nitrogens with two attached hydrogens (primary N) is 1. The van der Waals surface area contributed by atoms with Gasteiger partial charge in [0.25, 0.3) is 0 Å². The van der Waals surface area contributed by atoms with E-state index in [4.69, 9.17) is 10.7 Å². The monoisotopic (exact) mass is 260 g/mol. The molecule has 1 aromatic carbocycles. The fourth-order valence-electron chi connectivity index (χ4n) is 2.45. The molecule has 0 bridgehead atoms. The second-order valence-corrected chi connectivity index (χ2v) is 6.06. The van der Waals surface area contributed by atoms with Gasteiger partial charge in [-0.25, -0.2) is 4.98 Å². The molecule has 1 aromatic heterocycles. The van der Waals surface area contributed by atoms with E-state index in [1.54, 1.807) is 11.3 Å².